The van der Waals surface area contributed by atoms with Crippen molar-refractivity contribution in [2.45, 2.75) is 0 Å². The minimum absolute atomic E-state index is 0.330. The Bertz CT molecular complexity index is 561. The molecule has 98 valence electrons. The van der Waals surface area contributed by atoms with Crippen LogP contribution >= 0.6 is 15.9 Å². The van der Waals surface area contributed by atoms with Gasteiger partial charge in [0.1, 0.15) is 0 Å². The molecule has 6 heteroatoms. The van der Waals surface area contributed by atoms with Crippen molar-refractivity contribution in [1.82, 2.24) is 9.88 Å². The molecule has 1 aliphatic heterocycles. The summed E-state index contributed by atoms with van der Waals surface area (Å²) in [6.45, 7) is 3.83. The first-order chi connectivity index (χ1) is 8.68. The van der Waals surface area contributed by atoms with Gasteiger partial charge in [0.15, 0.2) is 5.58 Å². The molecule has 0 saturated carbocycles. The smallest absolute Gasteiger partial charge is 0.408 e. The lowest BCUT2D eigenvalue weighted by molar-refractivity contribution is 0.109. The summed E-state index contributed by atoms with van der Waals surface area (Å²) in [7, 11) is 1.68. The number of rotatable bonds is 0. The van der Waals surface area contributed by atoms with E-state index in [4.69, 9.17) is 9.15 Å². The van der Waals surface area contributed by atoms with Crippen LogP contribution in [-0.2, 0) is 11.8 Å². The molecule has 0 amide bonds. The molecular weight excluding hydrogens is 300 g/mol. The molecule has 18 heavy (non-hydrogen) atoms. The zero-order chi connectivity index (χ0) is 13.0. The lowest BCUT2D eigenvalue weighted by Gasteiger charge is -2.10. The van der Waals surface area contributed by atoms with Gasteiger partial charge in [0.25, 0.3) is 0 Å². The Kier molecular flexibility index (Phi) is 4.57. The fourth-order valence-electron chi connectivity index (χ4n) is 1.62. The lowest BCUT2D eigenvalue weighted by atomic mass is 10.3. The molecule has 5 nitrogen and oxygen atoms in total. The van der Waals surface area contributed by atoms with E-state index in [0.717, 1.165) is 36.3 Å². The summed E-state index contributed by atoms with van der Waals surface area (Å²) in [5.41, 5.74) is 1.42. The predicted molar refractivity (Wildman–Crippen MR) is 72.8 cm³/mol. The molecule has 0 spiro atoms. The highest BCUT2D eigenvalue weighted by atomic mass is 79.9. The maximum Gasteiger partial charge on any atom is 0.419 e. The Morgan fingerprint density at radius 3 is 2.61 bits per heavy atom. The third kappa shape index (κ3) is 3.22. The standard InChI is InChI=1S/C8H6BrNO2.C4H9NO/c1-10-6-4-5(9)2-3-7(6)12-8(10)11;1-3-6-4-2-5-1/h2-4H,1H3;5H,1-4H2. The van der Waals surface area contributed by atoms with Gasteiger partial charge in [-0.3, -0.25) is 4.57 Å². The second-order valence-electron chi connectivity index (χ2n) is 3.90. The van der Waals surface area contributed by atoms with Gasteiger partial charge in [-0.25, -0.2) is 4.79 Å². The number of ether oxygens (including phenoxy) is 1. The molecule has 1 aliphatic rings. The molecule has 1 N–H and O–H groups in total. The summed E-state index contributed by atoms with van der Waals surface area (Å²) in [6.07, 6.45) is 0. The van der Waals surface area contributed by atoms with Crippen molar-refractivity contribution in [2.75, 3.05) is 26.3 Å². The SMILES string of the molecule is C1COCCN1.Cn1c(=O)oc2ccc(Br)cc21. The molecule has 0 radical (unpaired) electrons. The number of nitrogens with one attached hydrogen (secondary N) is 1. The molecular formula is C12H15BrN2O3. The zero-order valence-corrected chi connectivity index (χ0v) is 11.7. The summed E-state index contributed by atoms with van der Waals surface area (Å²) in [5.74, 6) is -0.330. The number of fused-ring (bicyclic) bond motifs is 1. The number of benzene rings is 1. The summed E-state index contributed by atoms with van der Waals surface area (Å²) >= 11 is 3.32. The number of hydrogen-bond acceptors (Lipinski definition) is 4. The van der Waals surface area contributed by atoms with Gasteiger partial charge in [-0.2, -0.15) is 0 Å². The summed E-state index contributed by atoms with van der Waals surface area (Å²) in [4.78, 5) is 11.0. The van der Waals surface area contributed by atoms with Crippen molar-refractivity contribution in [1.29, 1.82) is 0 Å². The van der Waals surface area contributed by atoms with Crippen LogP contribution in [0.4, 0.5) is 0 Å². The van der Waals surface area contributed by atoms with Crippen LogP contribution in [0.1, 0.15) is 0 Å². The Labute approximate surface area is 113 Å². The Balaban J connectivity index is 0.000000169. The quantitative estimate of drug-likeness (QED) is 0.800. The third-order valence-corrected chi connectivity index (χ3v) is 3.09. The van der Waals surface area contributed by atoms with E-state index in [-0.39, 0.29) is 5.76 Å². The molecule has 2 heterocycles. The number of aromatic nitrogens is 1. The molecule has 0 aliphatic carbocycles. The van der Waals surface area contributed by atoms with E-state index in [1.54, 1.807) is 13.1 Å². The van der Waals surface area contributed by atoms with Crippen LogP contribution in [-0.4, -0.2) is 30.9 Å². The van der Waals surface area contributed by atoms with Gasteiger partial charge in [0, 0.05) is 24.6 Å². The van der Waals surface area contributed by atoms with E-state index < -0.39 is 0 Å². The van der Waals surface area contributed by atoms with Gasteiger partial charge in [-0.05, 0) is 18.2 Å². The minimum atomic E-state index is -0.330. The van der Waals surface area contributed by atoms with E-state index in [9.17, 15) is 4.79 Å². The molecule has 1 fully saturated rings. The molecule has 1 saturated heterocycles. The van der Waals surface area contributed by atoms with Crippen molar-refractivity contribution >= 4 is 27.0 Å². The maximum atomic E-state index is 11.0. The van der Waals surface area contributed by atoms with Gasteiger partial charge in [0.2, 0.25) is 0 Å². The number of hydrogen-bond donors (Lipinski definition) is 1. The van der Waals surface area contributed by atoms with Crippen LogP contribution in [0.3, 0.4) is 0 Å². The Hall–Kier alpha value is -1.11. The zero-order valence-electron chi connectivity index (χ0n) is 10.1. The van der Waals surface area contributed by atoms with Crippen molar-refractivity contribution in [3.05, 3.63) is 33.2 Å². The third-order valence-electron chi connectivity index (χ3n) is 2.60. The Morgan fingerprint density at radius 2 is 2.06 bits per heavy atom. The van der Waals surface area contributed by atoms with Crippen LogP contribution in [0.15, 0.2) is 31.9 Å². The largest absolute Gasteiger partial charge is 0.419 e. The van der Waals surface area contributed by atoms with Crippen LogP contribution in [0.5, 0.6) is 0 Å². The maximum absolute atomic E-state index is 11.0. The number of nitrogens with zero attached hydrogens (tertiary/aromatic N) is 1. The average molecular weight is 315 g/mol. The second-order valence-corrected chi connectivity index (χ2v) is 4.82. The van der Waals surface area contributed by atoms with E-state index in [2.05, 4.69) is 21.2 Å². The van der Waals surface area contributed by atoms with Crippen molar-refractivity contribution in [2.24, 2.45) is 7.05 Å². The topological polar surface area (TPSA) is 56.4 Å². The van der Waals surface area contributed by atoms with Gasteiger partial charge in [0.05, 0.1) is 18.7 Å². The molecule has 1 aromatic carbocycles. The Morgan fingerprint density at radius 1 is 1.33 bits per heavy atom. The highest BCUT2D eigenvalue weighted by molar-refractivity contribution is 9.10. The monoisotopic (exact) mass is 314 g/mol. The van der Waals surface area contributed by atoms with E-state index in [1.165, 1.54) is 4.57 Å². The van der Waals surface area contributed by atoms with Gasteiger partial charge < -0.3 is 14.5 Å². The minimum Gasteiger partial charge on any atom is -0.408 e. The van der Waals surface area contributed by atoms with Crippen LogP contribution in [0.25, 0.3) is 11.1 Å². The van der Waals surface area contributed by atoms with Gasteiger partial charge in [-0.15, -0.1) is 0 Å². The van der Waals surface area contributed by atoms with E-state index in [1.807, 2.05) is 12.1 Å². The molecule has 1 aromatic heterocycles. The highest BCUT2D eigenvalue weighted by Crippen LogP contribution is 2.17. The predicted octanol–water partition coefficient (Wildman–Crippen LogP) is 1.50. The number of morpholine rings is 1. The highest BCUT2D eigenvalue weighted by Gasteiger charge is 2.04. The average Bonchev–Trinajstić information content (AvgIpc) is 2.69. The first-order valence-corrected chi connectivity index (χ1v) is 6.51. The second kappa shape index (κ2) is 6.17. The summed E-state index contributed by atoms with van der Waals surface area (Å²) in [5, 5.41) is 3.16. The molecule has 0 bridgehead atoms. The fourth-order valence-corrected chi connectivity index (χ4v) is 1.96. The molecule has 2 aromatic rings. The van der Waals surface area contributed by atoms with Gasteiger partial charge in [-0.1, -0.05) is 15.9 Å². The first-order valence-electron chi connectivity index (χ1n) is 5.72. The molecule has 0 unspecified atom stereocenters. The molecule has 0 atom stereocenters. The van der Waals surface area contributed by atoms with Gasteiger partial charge >= 0.3 is 5.76 Å². The van der Waals surface area contributed by atoms with Crippen LogP contribution < -0.4 is 11.1 Å². The van der Waals surface area contributed by atoms with Crippen molar-refractivity contribution in [3.63, 3.8) is 0 Å². The summed E-state index contributed by atoms with van der Waals surface area (Å²) < 4.78 is 12.4. The van der Waals surface area contributed by atoms with Crippen LogP contribution in [0, 0.1) is 0 Å². The number of halogens is 1. The fraction of sp³-hybridized carbons (Fsp3) is 0.417. The van der Waals surface area contributed by atoms with Crippen molar-refractivity contribution in [3.8, 4) is 0 Å². The van der Waals surface area contributed by atoms with E-state index >= 15 is 0 Å². The summed E-state index contributed by atoms with van der Waals surface area (Å²) in [6, 6.07) is 5.45. The normalized spacial score (nSPS) is 15.2. The number of aryl methyl sites for hydroxylation is 1. The molecule has 3 rings (SSSR count). The lowest BCUT2D eigenvalue weighted by Crippen LogP contribution is -2.30. The number of oxazole rings is 1. The first kappa shape index (κ1) is 13.3. The van der Waals surface area contributed by atoms with E-state index in [0.29, 0.717) is 5.58 Å². The van der Waals surface area contributed by atoms with Crippen LogP contribution in [0.2, 0.25) is 0 Å². The van der Waals surface area contributed by atoms with Crippen molar-refractivity contribution < 1.29 is 9.15 Å².